The highest BCUT2D eigenvalue weighted by Gasteiger charge is 2.16. The molecule has 0 atom stereocenters. The molecule has 3 heterocycles. The minimum absolute atomic E-state index is 0.0726. The van der Waals surface area contributed by atoms with Gasteiger partial charge in [0.05, 0.1) is 6.42 Å². The van der Waals surface area contributed by atoms with E-state index in [1.807, 2.05) is 30.6 Å². The second-order valence-corrected chi connectivity index (χ2v) is 6.32. The van der Waals surface area contributed by atoms with Crippen molar-refractivity contribution in [1.82, 2.24) is 15.6 Å². The Balaban J connectivity index is 1.69. The second-order valence-electron chi connectivity index (χ2n) is 5.29. The molecule has 0 aromatic carbocycles. The van der Waals surface area contributed by atoms with Crippen molar-refractivity contribution in [3.8, 4) is 0 Å². The topological polar surface area (TPSA) is 54.0 Å². The van der Waals surface area contributed by atoms with E-state index in [2.05, 4.69) is 15.6 Å². The molecule has 1 aliphatic rings. The highest BCUT2D eigenvalue weighted by molar-refractivity contribution is 7.10. The van der Waals surface area contributed by atoms with Gasteiger partial charge < -0.3 is 10.6 Å². The first-order chi connectivity index (χ1) is 10.2. The SMILES string of the molecule is Cc1ncc2c(c1CNC(=O)Cc1cccs1)CCNC2. The molecule has 2 aromatic rings. The summed E-state index contributed by atoms with van der Waals surface area (Å²) >= 11 is 1.62. The first-order valence-corrected chi connectivity index (χ1v) is 8.08. The molecule has 2 aromatic heterocycles. The van der Waals surface area contributed by atoms with Gasteiger partial charge in [-0.1, -0.05) is 6.07 Å². The van der Waals surface area contributed by atoms with Crippen molar-refractivity contribution in [1.29, 1.82) is 0 Å². The number of thiophene rings is 1. The summed E-state index contributed by atoms with van der Waals surface area (Å²) in [6.07, 6.45) is 3.42. The largest absolute Gasteiger partial charge is 0.352 e. The molecule has 1 aliphatic heterocycles. The first kappa shape index (κ1) is 14.2. The van der Waals surface area contributed by atoms with Crippen LogP contribution in [-0.4, -0.2) is 17.4 Å². The third-order valence-electron chi connectivity index (χ3n) is 3.85. The van der Waals surface area contributed by atoms with Crippen LogP contribution in [0.2, 0.25) is 0 Å². The van der Waals surface area contributed by atoms with Gasteiger partial charge in [-0.15, -0.1) is 11.3 Å². The number of amides is 1. The van der Waals surface area contributed by atoms with Crippen molar-refractivity contribution in [2.24, 2.45) is 0 Å². The van der Waals surface area contributed by atoms with Gasteiger partial charge in [-0.2, -0.15) is 0 Å². The fraction of sp³-hybridized carbons (Fsp3) is 0.375. The highest BCUT2D eigenvalue weighted by atomic mass is 32.1. The summed E-state index contributed by atoms with van der Waals surface area (Å²) in [6, 6.07) is 3.97. The van der Waals surface area contributed by atoms with Crippen LogP contribution in [0.3, 0.4) is 0 Å². The van der Waals surface area contributed by atoms with E-state index in [0.29, 0.717) is 13.0 Å². The number of aromatic nitrogens is 1. The Morgan fingerprint density at radius 1 is 1.52 bits per heavy atom. The maximum Gasteiger partial charge on any atom is 0.225 e. The molecule has 0 saturated carbocycles. The number of nitrogens with zero attached hydrogens (tertiary/aromatic N) is 1. The van der Waals surface area contributed by atoms with Crippen molar-refractivity contribution in [2.75, 3.05) is 6.54 Å². The molecular weight excluding hydrogens is 282 g/mol. The molecule has 0 aliphatic carbocycles. The Bertz CT molecular complexity index is 637. The lowest BCUT2D eigenvalue weighted by atomic mass is 9.96. The Morgan fingerprint density at radius 3 is 3.24 bits per heavy atom. The van der Waals surface area contributed by atoms with Crippen LogP contribution in [0.1, 0.15) is 27.3 Å². The third-order valence-corrected chi connectivity index (χ3v) is 4.72. The highest BCUT2D eigenvalue weighted by Crippen LogP contribution is 2.20. The van der Waals surface area contributed by atoms with Crippen LogP contribution in [-0.2, 0) is 30.7 Å². The predicted octanol–water partition coefficient (Wildman–Crippen LogP) is 1.96. The zero-order valence-corrected chi connectivity index (χ0v) is 12.9. The Kier molecular flexibility index (Phi) is 4.31. The van der Waals surface area contributed by atoms with E-state index in [9.17, 15) is 4.79 Å². The van der Waals surface area contributed by atoms with Crippen molar-refractivity contribution >= 4 is 17.2 Å². The van der Waals surface area contributed by atoms with E-state index in [4.69, 9.17) is 0 Å². The number of rotatable bonds is 4. The summed E-state index contributed by atoms with van der Waals surface area (Å²) in [5, 5.41) is 8.39. The van der Waals surface area contributed by atoms with Crippen LogP contribution >= 0.6 is 11.3 Å². The van der Waals surface area contributed by atoms with Gasteiger partial charge in [0.1, 0.15) is 0 Å². The van der Waals surface area contributed by atoms with Crippen molar-refractivity contribution in [3.05, 3.63) is 51.0 Å². The monoisotopic (exact) mass is 301 g/mol. The van der Waals surface area contributed by atoms with Crippen LogP contribution in [0.25, 0.3) is 0 Å². The van der Waals surface area contributed by atoms with Gasteiger partial charge in [0.2, 0.25) is 5.91 Å². The smallest absolute Gasteiger partial charge is 0.225 e. The number of pyridine rings is 1. The number of carbonyl (C=O) groups excluding carboxylic acids is 1. The van der Waals surface area contributed by atoms with Gasteiger partial charge in [0.15, 0.2) is 0 Å². The maximum atomic E-state index is 12.0. The van der Waals surface area contributed by atoms with Crippen LogP contribution in [0.5, 0.6) is 0 Å². The van der Waals surface area contributed by atoms with Gasteiger partial charge in [0.25, 0.3) is 0 Å². The number of aryl methyl sites for hydroxylation is 1. The van der Waals surface area contributed by atoms with Crippen LogP contribution in [0, 0.1) is 6.92 Å². The minimum Gasteiger partial charge on any atom is -0.352 e. The number of nitrogens with one attached hydrogen (secondary N) is 2. The van der Waals surface area contributed by atoms with E-state index >= 15 is 0 Å². The first-order valence-electron chi connectivity index (χ1n) is 7.20. The fourth-order valence-corrected chi connectivity index (χ4v) is 3.40. The summed E-state index contributed by atoms with van der Waals surface area (Å²) in [7, 11) is 0. The Labute approximate surface area is 128 Å². The lowest BCUT2D eigenvalue weighted by Gasteiger charge is -2.21. The lowest BCUT2D eigenvalue weighted by Crippen LogP contribution is -2.29. The second kappa shape index (κ2) is 6.37. The van der Waals surface area contributed by atoms with Gasteiger partial charge in [-0.05, 0) is 48.0 Å². The molecule has 5 heteroatoms. The van der Waals surface area contributed by atoms with Crippen LogP contribution in [0.15, 0.2) is 23.7 Å². The zero-order chi connectivity index (χ0) is 14.7. The van der Waals surface area contributed by atoms with Gasteiger partial charge >= 0.3 is 0 Å². The molecule has 0 unspecified atom stereocenters. The summed E-state index contributed by atoms with van der Waals surface area (Å²) in [6.45, 7) is 4.46. The molecule has 1 amide bonds. The summed E-state index contributed by atoms with van der Waals surface area (Å²) in [5.41, 5.74) is 4.83. The number of carbonyl (C=O) groups is 1. The van der Waals surface area contributed by atoms with E-state index in [0.717, 1.165) is 30.1 Å². The average Bonchev–Trinajstić information content (AvgIpc) is 2.99. The molecule has 0 fully saturated rings. The van der Waals surface area contributed by atoms with E-state index in [1.165, 1.54) is 16.7 Å². The molecule has 21 heavy (non-hydrogen) atoms. The van der Waals surface area contributed by atoms with Gasteiger partial charge in [-0.3, -0.25) is 9.78 Å². The average molecular weight is 301 g/mol. The molecule has 2 N–H and O–H groups in total. The molecule has 3 rings (SSSR count). The normalized spacial score (nSPS) is 13.8. The maximum absolute atomic E-state index is 12.0. The standard InChI is InChI=1S/C16H19N3OS/c1-11-15(14-4-5-17-8-12(14)9-18-11)10-19-16(20)7-13-3-2-6-21-13/h2-3,6,9,17H,4-5,7-8,10H2,1H3,(H,19,20). The molecule has 0 saturated heterocycles. The summed E-state index contributed by atoms with van der Waals surface area (Å²) < 4.78 is 0. The number of hydrogen-bond acceptors (Lipinski definition) is 4. The number of fused-ring (bicyclic) bond motifs is 1. The summed E-state index contributed by atoms with van der Waals surface area (Å²) in [4.78, 5) is 17.6. The quantitative estimate of drug-likeness (QED) is 0.907. The van der Waals surface area contributed by atoms with E-state index in [-0.39, 0.29) is 5.91 Å². The lowest BCUT2D eigenvalue weighted by molar-refractivity contribution is -0.120. The van der Waals surface area contributed by atoms with Crippen molar-refractivity contribution in [3.63, 3.8) is 0 Å². The molecule has 0 bridgehead atoms. The van der Waals surface area contributed by atoms with Crippen molar-refractivity contribution in [2.45, 2.75) is 32.9 Å². The van der Waals surface area contributed by atoms with E-state index in [1.54, 1.807) is 11.3 Å². The minimum atomic E-state index is 0.0726. The Hall–Kier alpha value is -1.72. The molecule has 0 spiro atoms. The molecular formula is C16H19N3OS. The molecule has 4 nitrogen and oxygen atoms in total. The molecule has 110 valence electrons. The van der Waals surface area contributed by atoms with Gasteiger partial charge in [-0.25, -0.2) is 0 Å². The summed E-state index contributed by atoms with van der Waals surface area (Å²) in [5.74, 6) is 0.0726. The van der Waals surface area contributed by atoms with Crippen LogP contribution in [0.4, 0.5) is 0 Å². The predicted molar refractivity (Wildman–Crippen MR) is 84.3 cm³/mol. The Morgan fingerprint density at radius 2 is 2.43 bits per heavy atom. The van der Waals surface area contributed by atoms with E-state index < -0.39 is 0 Å². The third kappa shape index (κ3) is 3.31. The van der Waals surface area contributed by atoms with Crippen molar-refractivity contribution < 1.29 is 4.79 Å². The van der Waals surface area contributed by atoms with Crippen LogP contribution < -0.4 is 10.6 Å². The zero-order valence-electron chi connectivity index (χ0n) is 12.1. The molecule has 0 radical (unpaired) electrons. The number of hydrogen-bond donors (Lipinski definition) is 2. The fourth-order valence-electron chi connectivity index (χ4n) is 2.70. The van der Waals surface area contributed by atoms with Gasteiger partial charge in [0, 0.05) is 29.9 Å².